The van der Waals surface area contributed by atoms with Gasteiger partial charge in [0.25, 0.3) is 0 Å². The number of nitrogens with zero attached hydrogens (tertiary/aromatic N) is 1. The fourth-order valence-electron chi connectivity index (χ4n) is 2.16. The third kappa shape index (κ3) is 4.81. The van der Waals surface area contributed by atoms with Gasteiger partial charge in [-0.15, -0.1) is 0 Å². The Bertz CT molecular complexity index is 737. The number of esters is 1. The van der Waals surface area contributed by atoms with E-state index in [4.69, 9.17) is 4.74 Å². The number of anilines is 1. The lowest BCUT2D eigenvalue weighted by Gasteiger charge is -2.13. The minimum atomic E-state index is -0.348. The van der Waals surface area contributed by atoms with Gasteiger partial charge in [-0.3, -0.25) is 4.99 Å². The predicted molar refractivity (Wildman–Crippen MR) is 99.3 cm³/mol. The van der Waals surface area contributed by atoms with Gasteiger partial charge in [-0.05, 0) is 42.3 Å². The zero-order chi connectivity index (χ0) is 17.5. The number of aliphatic imine (C=N–C) groups is 1. The smallest absolute Gasteiger partial charge is 0.333 e. The van der Waals surface area contributed by atoms with Crippen LogP contribution in [0.3, 0.4) is 0 Å². The minimum absolute atomic E-state index is 0.348. The van der Waals surface area contributed by atoms with Crippen molar-refractivity contribution in [2.75, 3.05) is 19.0 Å². The first-order valence-corrected chi connectivity index (χ1v) is 7.74. The Morgan fingerprint density at radius 1 is 1.25 bits per heavy atom. The standard InChI is InChI=1S/C20H22N2O2/c1-14(2)20(23)24-12-11-16-6-9-17(10-7-16)22-18-8-5-15(3)19(13-18)21-4/h5-10,13,22H,1,3,11-12H2,2,4H3/b21-19-. The van der Waals surface area contributed by atoms with Gasteiger partial charge in [-0.1, -0.05) is 31.4 Å². The zero-order valence-corrected chi connectivity index (χ0v) is 14.1. The second-order valence-corrected chi connectivity index (χ2v) is 5.56. The van der Waals surface area contributed by atoms with Crippen molar-refractivity contribution < 1.29 is 9.53 Å². The molecule has 0 atom stereocenters. The van der Waals surface area contributed by atoms with E-state index in [-0.39, 0.29) is 5.97 Å². The monoisotopic (exact) mass is 322 g/mol. The van der Waals surface area contributed by atoms with Crippen LogP contribution in [0.25, 0.3) is 0 Å². The van der Waals surface area contributed by atoms with E-state index in [0.717, 1.165) is 28.2 Å². The van der Waals surface area contributed by atoms with Crippen LogP contribution in [0.4, 0.5) is 5.69 Å². The van der Waals surface area contributed by atoms with Gasteiger partial charge in [0.05, 0.1) is 12.3 Å². The predicted octanol–water partition coefficient (Wildman–Crippen LogP) is 3.84. The second-order valence-electron chi connectivity index (χ2n) is 5.56. The summed E-state index contributed by atoms with van der Waals surface area (Å²) in [5.41, 5.74) is 5.25. The summed E-state index contributed by atoms with van der Waals surface area (Å²) in [4.78, 5) is 15.5. The van der Waals surface area contributed by atoms with Crippen molar-refractivity contribution in [1.82, 2.24) is 0 Å². The first kappa shape index (κ1) is 17.5. The lowest BCUT2D eigenvalue weighted by atomic mass is 10.1. The summed E-state index contributed by atoms with van der Waals surface area (Å²) in [5, 5.41) is 3.34. The summed E-state index contributed by atoms with van der Waals surface area (Å²) in [6.07, 6.45) is 6.55. The van der Waals surface area contributed by atoms with Crippen LogP contribution in [0, 0.1) is 0 Å². The summed E-state index contributed by atoms with van der Waals surface area (Å²) in [7, 11) is 1.75. The van der Waals surface area contributed by atoms with Crippen LogP contribution in [0.15, 0.2) is 77.5 Å². The summed E-state index contributed by atoms with van der Waals surface area (Å²) in [6.45, 7) is 9.49. The highest BCUT2D eigenvalue weighted by Crippen LogP contribution is 2.17. The molecule has 24 heavy (non-hydrogen) atoms. The Kier molecular flexibility index (Phi) is 5.90. The van der Waals surface area contributed by atoms with Gasteiger partial charge in [-0.25, -0.2) is 4.79 Å². The van der Waals surface area contributed by atoms with Crippen molar-refractivity contribution in [1.29, 1.82) is 0 Å². The molecule has 0 spiro atoms. The Labute approximate surface area is 142 Å². The molecule has 0 amide bonds. The summed E-state index contributed by atoms with van der Waals surface area (Å²) in [6, 6.07) is 8.02. The number of carbonyl (C=O) groups excluding carboxylic acids is 1. The molecule has 1 aromatic rings. The fourth-order valence-corrected chi connectivity index (χ4v) is 2.16. The molecule has 1 aromatic carbocycles. The van der Waals surface area contributed by atoms with Crippen molar-refractivity contribution in [2.45, 2.75) is 13.3 Å². The average Bonchev–Trinajstić information content (AvgIpc) is 2.58. The van der Waals surface area contributed by atoms with Crippen molar-refractivity contribution in [2.24, 2.45) is 4.99 Å². The molecule has 0 unspecified atom stereocenters. The second kappa shape index (κ2) is 8.11. The molecular weight excluding hydrogens is 300 g/mol. The molecule has 2 rings (SSSR count). The lowest BCUT2D eigenvalue weighted by Crippen LogP contribution is -2.08. The molecular formula is C20H22N2O2. The molecule has 0 heterocycles. The fraction of sp³-hybridized carbons (Fsp3) is 0.200. The molecule has 0 saturated heterocycles. The number of hydrogen-bond donors (Lipinski definition) is 1. The highest BCUT2D eigenvalue weighted by Gasteiger charge is 2.07. The largest absolute Gasteiger partial charge is 0.462 e. The maximum atomic E-state index is 11.3. The summed E-state index contributed by atoms with van der Waals surface area (Å²) < 4.78 is 5.10. The SMILES string of the molecule is C=C(C)C(=O)OCCc1ccc(NC2=C/C(=N/C)C(=C)C=C2)cc1. The van der Waals surface area contributed by atoms with Crippen molar-refractivity contribution >= 4 is 17.4 Å². The molecule has 0 radical (unpaired) electrons. The van der Waals surface area contributed by atoms with Gasteiger partial charge in [0.1, 0.15) is 0 Å². The third-order valence-corrected chi connectivity index (χ3v) is 3.54. The first-order valence-electron chi connectivity index (χ1n) is 7.74. The maximum absolute atomic E-state index is 11.3. The van der Waals surface area contributed by atoms with E-state index in [9.17, 15) is 4.79 Å². The molecule has 124 valence electrons. The number of nitrogens with one attached hydrogen (secondary N) is 1. The van der Waals surface area contributed by atoms with Gasteiger partial charge in [0.2, 0.25) is 0 Å². The third-order valence-electron chi connectivity index (χ3n) is 3.54. The number of rotatable bonds is 6. The van der Waals surface area contributed by atoms with Gasteiger partial charge in [-0.2, -0.15) is 0 Å². The van der Waals surface area contributed by atoms with E-state index in [1.807, 2.05) is 42.5 Å². The van der Waals surface area contributed by atoms with E-state index >= 15 is 0 Å². The van der Waals surface area contributed by atoms with Crippen LogP contribution in [-0.4, -0.2) is 25.3 Å². The van der Waals surface area contributed by atoms with Crippen LogP contribution in [-0.2, 0) is 16.0 Å². The topological polar surface area (TPSA) is 50.7 Å². The highest BCUT2D eigenvalue weighted by molar-refractivity contribution is 6.11. The molecule has 4 heteroatoms. The summed E-state index contributed by atoms with van der Waals surface area (Å²) >= 11 is 0. The molecule has 0 aliphatic heterocycles. The van der Waals surface area contributed by atoms with Crippen LogP contribution in [0.2, 0.25) is 0 Å². The average molecular weight is 322 g/mol. The van der Waals surface area contributed by atoms with E-state index in [1.165, 1.54) is 0 Å². The number of hydrogen-bond acceptors (Lipinski definition) is 4. The normalized spacial score (nSPS) is 15.2. The number of benzene rings is 1. The van der Waals surface area contributed by atoms with Gasteiger partial charge < -0.3 is 10.1 Å². The Morgan fingerprint density at radius 3 is 2.58 bits per heavy atom. The maximum Gasteiger partial charge on any atom is 0.333 e. The number of carbonyl (C=O) groups is 1. The van der Waals surface area contributed by atoms with E-state index < -0.39 is 0 Å². The number of allylic oxidation sites excluding steroid dienone is 4. The van der Waals surface area contributed by atoms with Crippen molar-refractivity contribution in [3.63, 3.8) is 0 Å². The Morgan fingerprint density at radius 2 is 1.96 bits per heavy atom. The molecule has 1 aliphatic carbocycles. The van der Waals surface area contributed by atoms with Crippen LogP contribution >= 0.6 is 0 Å². The Hall–Kier alpha value is -2.88. The van der Waals surface area contributed by atoms with Gasteiger partial charge >= 0.3 is 5.97 Å². The minimum Gasteiger partial charge on any atom is -0.462 e. The zero-order valence-electron chi connectivity index (χ0n) is 14.1. The molecule has 1 N–H and O–H groups in total. The highest BCUT2D eigenvalue weighted by atomic mass is 16.5. The molecule has 0 bridgehead atoms. The Balaban J connectivity index is 1.91. The molecule has 4 nitrogen and oxygen atoms in total. The van der Waals surface area contributed by atoms with Crippen LogP contribution in [0.1, 0.15) is 12.5 Å². The van der Waals surface area contributed by atoms with Crippen molar-refractivity contribution in [3.05, 3.63) is 78.1 Å². The van der Waals surface area contributed by atoms with Gasteiger partial charge in [0, 0.05) is 30.4 Å². The quantitative estimate of drug-likeness (QED) is 0.639. The van der Waals surface area contributed by atoms with Crippen LogP contribution < -0.4 is 5.32 Å². The lowest BCUT2D eigenvalue weighted by molar-refractivity contribution is -0.138. The molecule has 0 saturated carbocycles. The molecule has 1 aliphatic rings. The van der Waals surface area contributed by atoms with Crippen molar-refractivity contribution in [3.8, 4) is 0 Å². The van der Waals surface area contributed by atoms with E-state index in [2.05, 4.69) is 23.5 Å². The first-order chi connectivity index (χ1) is 11.5. The van der Waals surface area contributed by atoms with Gasteiger partial charge in [0.15, 0.2) is 0 Å². The summed E-state index contributed by atoms with van der Waals surface area (Å²) in [5.74, 6) is -0.348. The number of ether oxygens (including phenoxy) is 1. The molecule has 0 fully saturated rings. The molecule has 0 aromatic heterocycles. The van der Waals surface area contributed by atoms with Crippen LogP contribution in [0.5, 0.6) is 0 Å². The van der Waals surface area contributed by atoms with E-state index in [1.54, 1.807) is 14.0 Å². The van der Waals surface area contributed by atoms with E-state index in [0.29, 0.717) is 18.6 Å².